The number of nitrogens with zero attached hydrogens (tertiary/aromatic N) is 2. The van der Waals surface area contributed by atoms with Gasteiger partial charge in [0, 0.05) is 26.0 Å². The van der Waals surface area contributed by atoms with E-state index in [1.807, 2.05) is 0 Å². The number of hydrogen-bond acceptors (Lipinski definition) is 3. The number of carbonyl (C=O) groups is 1. The minimum absolute atomic E-state index is 0.0213. The summed E-state index contributed by atoms with van der Waals surface area (Å²) in [6.07, 6.45) is 0.421. The first kappa shape index (κ1) is 12.7. The Kier molecular flexibility index (Phi) is 4.36. The van der Waals surface area contributed by atoms with Gasteiger partial charge in [-0.1, -0.05) is 0 Å². The lowest BCUT2D eigenvalue weighted by Crippen LogP contribution is -2.51. The molecular weight excluding hydrogens is 240 g/mol. The molecule has 0 aliphatic carbocycles. The number of sulfonamides is 1. The van der Waals surface area contributed by atoms with E-state index in [9.17, 15) is 13.2 Å². The van der Waals surface area contributed by atoms with Gasteiger partial charge in [0.2, 0.25) is 15.9 Å². The number of likely N-dealkylation sites (N-methyl/N-ethyl adjacent to an activating group) is 1. The highest BCUT2D eigenvalue weighted by atomic mass is 35.5. The molecule has 0 aromatic rings. The molecule has 7 heteroatoms. The molecule has 0 saturated carbocycles. The third kappa shape index (κ3) is 3.32. The molecule has 0 atom stereocenters. The van der Waals surface area contributed by atoms with E-state index in [1.54, 1.807) is 7.05 Å². The quantitative estimate of drug-likeness (QED) is 0.649. The monoisotopic (exact) mass is 254 g/mol. The maximum absolute atomic E-state index is 11.7. The van der Waals surface area contributed by atoms with Crippen molar-refractivity contribution in [1.82, 2.24) is 9.21 Å². The highest BCUT2D eigenvalue weighted by molar-refractivity contribution is 7.89. The minimum Gasteiger partial charge on any atom is -0.343 e. The zero-order chi connectivity index (χ0) is 11.5. The van der Waals surface area contributed by atoms with Crippen LogP contribution in [0.3, 0.4) is 0 Å². The van der Waals surface area contributed by atoms with Crippen LogP contribution in [0.2, 0.25) is 0 Å². The molecule has 0 radical (unpaired) electrons. The van der Waals surface area contributed by atoms with Gasteiger partial charge < -0.3 is 4.90 Å². The molecule has 1 saturated heterocycles. The van der Waals surface area contributed by atoms with Crippen molar-refractivity contribution in [2.45, 2.75) is 6.42 Å². The van der Waals surface area contributed by atoms with Crippen LogP contribution in [-0.2, 0) is 14.8 Å². The molecule has 1 heterocycles. The third-order valence-electron chi connectivity index (χ3n) is 2.35. The molecule has 0 aromatic carbocycles. The van der Waals surface area contributed by atoms with Crippen LogP contribution in [0.5, 0.6) is 0 Å². The van der Waals surface area contributed by atoms with E-state index in [-0.39, 0.29) is 18.2 Å². The van der Waals surface area contributed by atoms with E-state index in [2.05, 4.69) is 0 Å². The normalized spacial score (nSPS) is 19.6. The number of halogens is 1. The van der Waals surface area contributed by atoms with Crippen molar-refractivity contribution in [1.29, 1.82) is 0 Å². The third-order valence-corrected chi connectivity index (χ3v) is 4.52. The first-order chi connectivity index (χ1) is 6.97. The van der Waals surface area contributed by atoms with Crippen molar-refractivity contribution < 1.29 is 13.2 Å². The lowest BCUT2D eigenvalue weighted by Gasteiger charge is -2.31. The van der Waals surface area contributed by atoms with Crippen LogP contribution in [-0.4, -0.2) is 61.8 Å². The number of alkyl halides is 1. The zero-order valence-electron chi connectivity index (χ0n) is 8.65. The summed E-state index contributed by atoms with van der Waals surface area (Å²) in [5, 5.41) is 0. The summed E-state index contributed by atoms with van der Waals surface area (Å²) in [5.41, 5.74) is 0. The topological polar surface area (TPSA) is 57.7 Å². The molecule has 1 aliphatic heterocycles. The number of hydrogen-bond donors (Lipinski definition) is 0. The first-order valence-corrected chi connectivity index (χ1v) is 6.89. The lowest BCUT2D eigenvalue weighted by molar-refractivity contribution is -0.132. The van der Waals surface area contributed by atoms with Crippen LogP contribution >= 0.6 is 11.6 Å². The molecule has 88 valence electrons. The molecule has 1 fully saturated rings. The molecule has 1 aliphatic rings. The summed E-state index contributed by atoms with van der Waals surface area (Å²) in [5.74, 6) is 0.185. The Morgan fingerprint density at radius 3 is 2.60 bits per heavy atom. The van der Waals surface area contributed by atoms with E-state index in [1.165, 1.54) is 9.21 Å². The van der Waals surface area contributed by atoms with Gasteiger partial charge in [-0.15, -0.1) is 11.6 Å². The molecule has 0 spiro atoms. The fourth-order valence-corrected chi connectivity index (χ4v) is 3.07. The number of amides is 1. The van der Waals surface area contributed by atoms with Gasteiger partial charge >= 0.3 is 0 Å². The Bertz CT molecular complexity index is 331. The van der Waals surface area contributed by atoms with Gasteiger partial charge in [-0.25, -0.2) is 8.42 Å². The Labute approximate surface area is 95.0 Å². The summed E-state index contributed by atoms with van der Waals surface area (Å²) >= 11 is 5.44. The number of carbonyl (C=O) groups excluding carboxylic acids is 1. The maximum atomic E-state index is 11.7. The second-order valence-electron chi connectivity index (χ2n) is 3.51. The van der Waals surface area contributed by atoms with Gasteiger partial charge in [-0.3, -0.25) is 4.79 Å². The second-order valence-corrected chi connectivity index (χ2v) is 5.97. The Morgan fingerprint density at radius 2 is 2.07 bits per heavy atom. The highest BCUT2D eigenvalue weighted by Crippen LogP contribution is 2.09. The van der Waals surface area contributed by atoms with Crippen LogP contribution in [0, 0.1) is 0 Å². The summed E-state index contributed by atoms with van der Waals surface area (Å²) in [7, 11) is -1.63. The molecule has 15 heavy (non-hydrogen) atoms. The van der Waals surface area contributed by atoms with Crippen LogP contribution in [0.4, 0.5) is 0 Å². The van der Waals surface area contributed by atoms with Gasteiger partial charge in [0.25, 0.3) is 0 Å². The summed E-state index contributed by atoms with van der Waals surface area (Å²) in [4.78, 5) is 12.9. The van der Waals surface area contributed by atoms with Crippen molar-refractivity contribution in [2.24, 2.45) is 0 Å². The second kappa shape index (κ2) is 5.14. The maximum Gasteiger partial charge on any atom is 0.237 e. The van der Waals surface area contributed by atoms with Crippen molar-refractivity contribution >= 4 is 27.5 Å². The van der Waals surface area contributed by atoms with Crippen LogP contribution in [0.15, 0.2) is 0 Å². The van der Waals surface area contributed by atoms with E-state index in [0.717, 1.165) is 0 Å². The Hall–Kier alpha value is -0.330. The SMILES string of the molecule is CN1CCN(S(=O)(=O)CCCCl)CC1=O. The van der Waals surface area contributed by atoms with Crippen molar-refractivity contribution in [3.05, 3.63) is 0 Å². The van der Waals surface area contributed by atoms with Crippen molar-refractivity contribution in [3.63, 3.8) is 0 Å². The van der Waals surface area contributed by atoms with Crippen LogP contribution in [0.1, 0.15) is 6.42 Å². The number of rotatable bonds is 4. The predicted octanol–water partition coefficient (Wildman–Crippen LogP) is -0.281. The smallest absolute Gasteiger partial charge is 0.237 e. The van der Waals surface area contributed by atoms with Crippen molar-refractivity contribution in [3.8, 4) is 0 Å². The Morgan fingerprint density at radius 1 is 1.40 bits per heavy atom. The van der Waals surface area contributed by atoms with E-state index < -0.39 is 10.0 Å². The fourth-order valence-electron chi connectivity index (χ4n) is 1.34. The molecule has 1 rings (SSSR count). The van der Waals surface area contributed by atoms with Gasteiger partial charge in [-0.2, -0.15) is 4.31 Å². The van der Waals surface area contributed by atoms with Gasteiger partial charge in [0.05, 0.1) is 12.3 Å². The van der Waals surface area contributed by atoms with Crippen molar-refractivity contribution in [2.75, 3.05) is 38.3 Å². The molecule has 0 aromatic heterocycles. The minimum atomic E-state index is -3.30. The molecular formula is C8H15ClN2O3S. The number of piperazine rings is 1. The lowest BCUT2D eigenvalue weighted by atomic mass is 10.4. The predicted molar refractivity (Wildman–Crippen MR) is 58.3 cm³/mol. The average molecular weight is 255 g/mol. The van der Waals surface area contributed by atoms with Gasteiger partial charge in [-0.05, 0) is 6.42 Å². The summed E-state index contributed by atoms with van der Waals surface area (Å²) < 4.78 is 24.6. The zero-order valence-corrected chi connectivity index (χ0v) is 10.2. The molecule has 0 N–H and O–H groups in total. The molecule has 5 nitrogen and oxygen atoms in total. The standard InChI is InChI=1S/C8H15ClN2O3S/c1-10-4-5-11(7-8(10)12)15(13,14)6-2-3-9/h2-7H2,1H3. The first-order valence-electron chi connectivity index (χ1n) is 4.75. The Balaban J connectivity index is 2.61. The molecule has 0 bridgehead atoms. The fraction of sp³-hybridized carbons (Fsp3) is 0.875. The summed E-state index contributed by atoms with van der Waals surface area (Å²) in [6.45, 7) is 0.799. The van der Waals surface area contributed by atoms with E-state index >= 15 is 0 Å². The van der Waals surface area contributed by atoms with Crippen LogP contribution in [0.25, 0.3) is 0 Å². The largest absolute Gasteiger partial charge is 0.343 e. The van der Waals surface area contributed by atoms with E-state index in [4.69, 9.17) is 11.6 Å². The van der Waals surface area contributed by atoms with Crippen LogP contribution < -0.4 is 0 Å². The molecule has 1 amide bonds. The molecule has 0 unspecified atom stereocenters. The highest BCUT2D eigenvalue weighted by Gasteiger charge is 2.29. The summed E-state index contributed by atoms with van der Waals surface area (Å²) in [6, 6.07) is 0. The average Bonchev–Trinajstić information content (AvgIpc) is 2.19. The van der Waals surface area contributed by atoms with Gasteiger partial charge in [0.15, 0.2) is 0 Å². The van der Waals surface area contributed by atoms with Gasteiger partial charge in [0.1, 0.15) is 0 Å². The van der Waals surface area contributed by atoms with E-state index in [0.29, 0.717) is 25.4 Å².